The molecule has 6 atom stereocenters. The lowest BCUT2D eigenvalue weighted by Crippen LogP contribution is -2.60. The summed E-state index contributed by atoms with van der Waals surface area (Å²) >= 11 is 5.89. The fourth-order valence-electron chi connectivity index (χ4n) is 3.09. The third-order valence-electron chi connectivity index (χ3n) is 5.05. The lowest BCUT2D eigenvalue weighted by Gasteiger charge is -2.39. The van der Waals surface area contributed by atoms with E-state index in [9.17, 15) is 24.9 Å². The van der Waals surface area contributed by atoms with Gasteiger partial charge in [-0.15, -0.1) is 0 Å². The Bertz CT molecular complexity index is 954. The van der Waals surface area contributed by atoms with Crippen LogP contribution in [0.3, 0.4) is 0 Å². The van der Waals surface area contributed by atoms with Gasteiger partial charge in [-0.25, -0.2) is 14.5 Å². The van der Waals surface area contributed by atoms with Crippen LogP contribution in [0.2, 0.25) is 5.02 Å². The zero-order valence-electron chi connectivity index (χ0n) is 17.7. The van der Waals surface area contributed by atoms with Gasteiger partial charge < -0.3 is 34.6 Å². The van der Waals surface area contributed by atoms with E-state index in [-0.39, 0.29) is 6.61 Å². The fourth-order valence-corrected chi connectivity index (χ4v) is 3.22. The van der Waals surface area contributed by atoms with Gasteiger partial charge in [0.25, 0.3) is 6.23 Å². The Kier molecular flexibility index (Phi) is 7.67. The largest absolute Gasteiger partial charge is 0.479 e. The van der Waals surface area contributed by atoms with Crippen molar-refractivity contribution in [3.63, 3.8) is 0 Å². The maximum atomic E-state index is 13.4. The fraction of sp³-hybridized carbons (Fsp3) is 0.500. The smallest absolute Gasteiger partial charge is 0.335 e. The number of hydrogen-bond acceptors (Lipinski definition) is 10. The van der Waals surface area contributed by atoms with E-state index in [0.717, 1.165) is 0 Å². The number of carboxylic acid groups (broad SMARTS) is 1. The van der Waals surface area contributed by atoms with Crippen molar-refractivity contribution in [3.8, 4) is 5.75 Å². The second kappa shape index (κ2) is 10.1. The number of Topliss-reactive ketones (excluding diaryl/α,β-unsaturated/α-hetero) is 1. The molecule has 3 rings (SSSR count). The van der Waals surface area contributed by atoms with Crippen molar-refractivity contribution in [2.45, 2.75) is 50.8 Å². The van der Waals surface area contributed by atoms with E-state index in [1.54, 1.807) is 38.1 Å². The topological polar surface area (TPSA) is 173 Å². The Labute approximate surface area is 193 Å². The number of ether oxygens (including phenoxy) is 3. The Morgan fingerprint density at radius 2 is 1.85 bits per heavy atom. The van der Waals surface area contributed by atoms with Crippen LogP contribution < -0.4 is 4.74 Å². The summed E-state index contributed by atoms with van der Waals surface area (Å²) in [5.74, 6) is -1.68. The summed E-state index contributed by atoms with van der Waals surface area (Å²) in [4.78, 5) is 28.5. The van der Waals surface area contributed by atoms with Crippen molar-refractivity contribution in [1.82, 2.24) is 14.8 Å². The molecule has 180 valence electrons. The summed E-state index contributed by atoms with van der Waals surface area (Å²) in [6.07, 6.45) is -7.52. The molecule has 1 aromatic heterocycles. The summed E-state index contributed by atoms with van der Waals surface area (Å²) in [6, 6.07) is 6.34. The predicted molar refractivity (Wildman–Crippen MR) is 110 cm³/mol. The Hall–Kier alpha value is -2.61. The van der Waals surface area contributed by atoms with Crippen LogP contribution in [0.25, 0.3) is 0 Å². The summed E-state index contributed by atoms with van der Waals surface area (Å²) in [7, 11) is 0. The molecule has 0 spiro atoms. The molecular weight excluding hydrogens is 462 g/mol. The molecule has 0 aliphatic carbocycles. The number of aliphatic hydroxyl groups excluding tert-OH is 3. The molecule has 1 aromatic carbocycles. The molecule has 2 heterocycles. The second-order valence-corrected chi connectivity index (χ2v) is 8.53. The van der Waals surface area contributed by atoms with Crippen LogP contribution in [-0.4, -0.2) is 84.3 Å². The predicted octanol–water partition coefficient (Wildman–Crippen LogP) is 0.0132. The number of hydrogen-bond donors (Lipinski definition) is 4. The maximum absolute atomic E-state index is 13.4. The van der Waals surface area contributed by atoms with Crippen LogP contribution in [0, 0.1) is 5.41 Å². The number of benzene rings is 1. The van der Waals surface area contributed by atoms with Gasteiger partial charge >= 0.3 is 5.97 Å². The van der Waals surface area contributed by atoms with E-state index >= 15 is 0 Å². The van der Waals surface area contributed by atoms with Gasteiger partial charge in [0.15, 0.2) is 12.4 Å². The third kappa shape index (κ3) is 5.66. The molecule has 33 heavy (non-hydrogen) atoms. The van der Waals surface area contributed by atoms with E-state index in [0.29, 0.717) is 10.8 Å². The standard InChI is InChI=1S/C20H24ClN3O9/c1-20(2,7-31-19-14(27)12(25)13(26)15(33-19)18(29)30)16(28)17(24-9-22-8-23-24)32-11-5-3-10(21)4-6-11/h3-6,8-9,12-15,17,19,25-27H,7H2,1-2H3,(H,29,30)/t12-,13-,14+,15-,17?,19+/m0/s1. The highest BCUT2D eigenvalue weighted by Crippen LogP contribution is 2.30. The molecule has 1 aliphatic rings. The number of aromatic nitrogens is 3. The van der Waals surface area contributed by atoms with Crippen molar-refractivity contribution in [3.05, 3.63) is 41.9 Å². The molecule has 0 radical (unpaired) electrons. The molecule has 13 heteroatoms. The monoisotopic (exact) mass is 485 g/mol. The molecule has 0 bridgehead atoms. The van der Waals surface area contributed by atoms with Crippen LogP contribution in [0.1, 0.15) is 20.1 Å². The molecule has 4 N–H and O–H groups in total. The summed E-state index contributed by atoms with van der Waals surface area (Å²) in [5, 5.41) is 43.5. The second-order valence-electron chi connectivity index (χ2n) is 8.09. The lowest BCUT2D eigenvalue weighted by molar-refractivity contribution is -0.297. The Balaban J connectivity index is 1.74. The molecule has 0 saturated carbocycles. The average molecular weight is 486 g/mol. The van der Waals surface area contributed by atoms with Crippen LogP contribution in [0.15, 0.2) is 36.9 Å². The van der Waals surface area contributed by atoms with Gasteiger partial charge in [0, 0.05) is 5.02 Å². The average Bonchev–Trinajstić information content (AvgIpc) is 3.30. The van der Waals surface area contributed by atoms with Crippen molar-refractivity contribution < 1.29 is 44.2 Å². The van der Waals surface area contributed by atoms with Crippen molar-refractivity contribution in [2.24, 2.45) is 5.41 Å². The minimum Gasteiger partial charge on any atom is -0.479 e. The van der Waals surface area contributed by atoms with Crippen molar-refractivity contribution in [1.29, 1.82) is 0 Å². The molecular formula is C20H24ClN3O9. The first-order valence-electron chi connectivity index (χ1n) is 9.86. The highest BCUT2D eigenvalue weighted by atomic mass is 35.5. The Morgan fingerprint density at radius 1 is 1.18 bits per heavy atom. The zero-order valence-corrected chi connectivity index (χ0v) is 18.4. The van der Waals surface area contributed by atoms with Gasteiger partial charge in [0.2, 0.25) is 5.78 Å². The SMILES string of the molecule is CC(C)(CO[C@@H]1O[C@H](C(=O)O)[C@@H](O)[C@H](O)[C@H]1O)C(=O)C(Oc1ccc(Cl)cc1)n1cncn1. The van der Waals surface area contributed by atoms with E-state index in [2.05, 4.69) is 10.1 Å². The van der Waals surface area contributed by atoms with Crippen LogP contribution >= 0.6 is 11.6 Å². The number of halogens is 1. The van der Waals surface area contributed by atoms with E-state index in [1.807, 2.05) is 0 Å². The van der Waals surface area contributed by atoms with E-state index in [4.69, 9.17) is 30.9 Å². The number of aliphatic carboxylic acids is 1. The molecule has 1 saturated heterocycles. The molecule has 1 fully saturated rings. The van der Waals surface area contributed by atoms with Gasteiger partial charge in [-0.2, -0.15) is 5.10 Å². The van der Waals surface area contributed by atoms with Crippen LogP contribution in [0.5, 0.6) is 5.75 Å². The number of carbonyl (C=O) groups is 2. The number of aliphatic hydroxyl groups is 3. The highest BCUT2D eigenvalue weighted by molar-refractivity contribution is 6.30. The van der Waals surface area contributed by atoms with Gasteiger partial charge in [-0.3, -0.25) is 4.79 Å². The van der Waals surface area contributed by atoms with Crippen molar-refractivity contribution in [2.75, 3.05) is 6.61 Å². The first-order chi connectivity index (χ1) is 15.5. The summed E-state index contributed by atoms with van der Waals surface area (Å²) < 4.78 is 17.6. The van der Waals surface area contributed by atoms with E-state index in [1.165, 1.54) is 17.3 Å². The first kappa shape index (κ1) is 25.0. The van der Waals surface area contributed by atoms with Gasteiger partial charge in [-0.05, 0) is 24.3 Å². The van der Waals surface area contributed by atoms with Gasteiger partial charge in [0.1, 0.15) is 36.7 Å². The number of rotatable bonds is 9. The van der Waals surface area contributed by atoms with Crippen LogP contribution in [-0.2, 0) is 19.1 Å². The number of ketones is 1. The maximum Gasteiger partial charge on any atom is 0.335 e. The lowest BCUT2D eigenvalue weighted by atomic mass is 9.88. The van der Waals surface area contributed by atoms with E-state index < -0.39 is 54.1 Å². The summed E-state index contributed by atoms with van der Waals surface area (Å²) in [6.45, 7) is 2.73. The molecule has 0 amide bonds. The van der Waals surface area contributed by atoms with Gasteiger partial charge in [-0.1, -0.05) is 25.4 Å². The third-order valence-corrected chi connectivity index (χ3v) is 5.30. The quantitative estimate of drug-likeness (QED) is 0.376. The normalized spacial score (nSPS) is 26.5. The molecule has 12 nitrogen and oxygen atoms in total. The van der Waals surface area contributed by atoms with Crippen molar-refractivity contribution >= 4 is 23.4 Å². The number of carbonyl (C=O) groups excluding carboxylic acids is 1. The highest BCUT2D eigenvalue weighted by Gasteiger charge is 2.48. The summed E-state index contributed by atoms with van der Waals surface area (Å²) in [5.41, 5.74) is -1.26. The minimum atomic E-state index is -1.85. The molecule has 2 aromatic rings. The number of nitrogens with zero attached hydrogens (tertiary/aromatic N) is 3. The minimum absolute atomic E-state index is 0.345. The first-order valence-corrected chi connectivity index (χ1v) is 10.2. The van der Waals surface area contributed by atoms with Gasteiger partial charge in [0.05, 0.1) is 12.0 Å². The van der Waals surface area contributed by atoms with Crippen LogP contribution in [0.4, 0.5) is 0 Å². The zero-order chi connectivity index (χ0) is 24.3. The molecule has 1 unspecified atom stereocenters. The molecule has 1 aliphatic heterocycles. The Morgan fingerprint density at radius 3 is 2.42 bits per heavy atom. The number of carboxylic acids is 1.